The Labute approximate surface area is 162 Å². The molecule has 1 N–H and O–H groups in total. The summed E-state index contributed by atoms with van der Waals surface area (Å²) in [6.45, 7) is 2.37. The molecule has 7 heteroatoms. The first-order chi connectivity index (χ1) is 13.8. The molecule has 5 rings (SSSR count). The Morgan fingerprint density at radius 3 is 2.82 bits per heavy atom. The molecule has 0 amide bonds. The van der Waals surface area contributed by atoms with E-state index in [1.54, 1.807) is 7.11 Å². The van der Waals surface area contributed by atoms with E-state index >= 15 is 0 Å². The van der Waals surface area contributed by atoms with Crippen LogP contribution in [0.3, 0.4) is 0 Å². The zero-order chi connectivity index (χ0) is 19.1. The lowest BCUT2D eigenvalue weighted by atomic mass is 9.96. The van der Waals surface area contributed by atoms with Gasteiger partial charge in [0.25, 0.3) is 5.89 Å². The Morgan fingerprint density at radius 1 is 1.21 bits per heavy atom. The van der Waals surface area contributed by atoms with Crippen molar-refractivity contribution < 1.29 is 14.0 Å². The Balaban J connectivity index is 1.76. The summed E-state index contributed by atoms with van der Waals surface area (Å²) in [4.78, 5) is 12.5. The number of aromatic nitrogens is 4. The largest absolute Gasteiger partial charge is 0.490 e. The Hall–Kier alpha value is -2.93. The van der Waals surface area contributed by atoms with Gasteiger partial charge in [-0.3, -0.25) is 0 Å². The summed E-state index contributed by atoms with van der Waals surface area (Å²) in [5.74, 6) is 1.97. The topological polar surface area (TPSA) is 86.1 Å². The molecular formula is C21H22N4O3. The van der Waals surface area contributed by atoms with Crippen LogP contribution in [0.25, 0.3) is 33.4 Å². The maximum Gasteiger partial charge on any atom is 0.276 e. The van der Waals surface area contributed by atoms with Crippen LogP contribution in [0, 0.1) is 0 Å². The number of aromatic amines is 1. The molecule has 0 radical (unpaired) electrons. The second-order valence-electron chi connectivity index (χ2n) is 7.15. The van der Waals surface area contributed by atoms with Gasteiger partial charge in [0, 0.05) is 29.9 Å². The highest BCUT2D eigenvalue weighted by atomic mass is 16.5. The highest BCUT2D eigenvalue weighted by molar-refractivity contribution is 6.12. The number of benzene rings is 1. The van der Waals surface area contributed by atoms with Gasteiger partial charge in [-0.2, -0.15) is 4.98 Å². The molecule has 7 nitrogen and oxygen atoms in total. The van der Waals surface area contributed by atoms with Crippen LogP contribution in [-0.2, 0) is 17.8 Å². The average Bonchev–Trinajstić information content (AvgIpc) is 3.29. The number of hydrogen-bond donors (Lipinski definition) is 1. The van der Waals surface area contributed by atoms with Crippen LogP contribution < -0.4 is 4.74 Å². The highest BCUT2D eigenvalue weighted by Gasteiger charge is 2.24. The second kappa shape index (κ2) is 6.91. The summed E-state index contributed by atoms with van der Waals surface area (Å²) < 4.78 is 17.3. The fourth-order valence-electron chi connectivity index (χ4n) is 3.70. The molecule has 0 spiro atoms. The van der Waals surface area contributed by atoms with Crippen molar-refractivity contribution in [1.29, 1.82) is 0 Å². The van der Waals surface area contributed by atoms with Gasteiger partial charge in [-0.1, -0.05) is 18.1 Å². The molecule has 0 unspecified atom stereocenters. The third kappa shape index (κ3) is 2.74. The van der Waals surface area contributed by atoms with Crippen molar-refractivity contribution in [2.75, 3.05) is 7.11 Å². The van der Waals surface area contributed by atoms with E-state index in [0.29, 0.717) is 36.5 Å². The predicted molar refractivity (Wildman–Crippen MR) is 105 cm³/mol. The van der Waals surface area contributed by atoms with E-state index in [2.05, 4.69) is 26.2 Å². The maximum atomic E-state index is 6.30. The molecule has 144 valence electrons. The lowest BCUT2D eigenvalue weighted by Crippen LogP contribution is -2.24. The van der Waals surface area contributed by atoms with Crippen molar-refractivity contribution in [1.82, 2.24) is 20.1 Å². The van der Waals surface area contributed by atoms with Gasteiger partial charge in [0.15, 0.2) is 5.82 Å². The van der Waals surface area contributed by atoms with Crippen molar-refractivity contribution in [3.8, 4) is 17.3 Å². The molecule has 1 fully saturated rings. The first-order valence-corrected chi connectivity index (χ1v) is 9.69. The van der Waals surface area contributed by atoms with Gasteiger partial charge in [0.1, 0.15) is 11.4 Å². The normalized spacial score (nSPS) is 14.6. The van der Waals surface area contributed by atoms with Crippen LogP contribution in [0.1, 0.15) is 37.6 Å². The van der Waals surface area contributed by atoms with Crippen LogP contribution >= 0.6 is 0 Å². The van der Waals surface area contributed by atoms with E-state index < -0.39 is 0 Å². The first kappa shape index (κ1) is 17.2. The predicted octanol–water partition coefficient (Wildman–Crippen LogP) is 4.41. The molecule has 0 aliphatic heterocycles. The van der Waals surface area contributed by atoms with Crippen LogP contribution in [0.15, 0.2) is 28.9 Å². The van der Waals surface area contributed by atoms with Gasteiger partial charge < -0.3 is 19.0 Å². The second-order valence-corrected chi connectivity index (χ2v) is 7.15. The van der Waals surface area contributed by atoms with Gasteiger partial charge >= 0.3 is 0 Å². The molecule has 1 saturated carbocycles. The molecule has 1 aliphatic rings. The quantitative estimate of drug-likeness (QED) is 0.535. The molecule has 0 bridgehead atoms. The van der Waals surface area contributed by atoms with Gasteiger partial charge in [-0.05, 0) is 31.4 Å². The third-order valence-electron chi connectivity index (χ3n) is 5.35. The summed E-state index contributed by atoms with van der Waals surface area (Å²) in [5, 5.41) is 6.10. The fraction of sp³-hybridized carbons (Fsp3) is 0.381. The number of aryl methyl sites for hydroxylation is 1. The number of methoxy groups -OCH3 is 1. The van der Waals surface area contributed by atoms with E-state index in [9.17, 15) is 0 Å². The zero-order valence-electron chi connectivity index (χ0n) is 16.0. The number of hydrogen-bond acceptors (Lipinski definition) is 6. The van der Waals surface area contributed by atoms with Gasteiger partial charge in [-0.25, -0.2) is 4.98 Å². The van der Waals surface area contributed by atoms with Crippen molar-refractivity contribution in [2.45, 2.75) is 45.3 Å². The number of rotatable bonds is 6. The molecule has 0 atom stereocenters. The molecule has 1 aliphatic carbocycles. The number of nitrogens with one attached hydrogen (secondary N) is 1. The van der Waals surface area contributed by atoms with Crippen molar-refractivity contribution >= 4 is 21.8 Å². The van der Waals surface area contributed by atoms with Crippen LogP contribution in [0.5, 0.6) is 5.75 Å². The molecule has 28 heavy (non-hydrogen) atoms. The van der Waals surface area contributed by atoms with Crippen LogP contribution in [-0.4, -0.2) is 33.3 Å². The number of fused-ring (bicyclic) bond motifs is 3. The van der Waals surface area contributed by atoms with Crippen LogP contribution in [0.2, 0.25) is 0 Å². The summed E-state index contributed by atoms with van der Waals surface area (Å²) in [5.41, 5.74) is 3.52. The molecule has 0 saturated heterocycles. The molecule has 1 aromatic carbocycles. The van der Waals surface area contributed by atoms with E-state index in [1.807, 2.05) is 25.3 Å². The van der Waals surface area contributed by atoms with Crippen molar-refractivity contribution in [2.24, 2.45) is 0 Å². The minimum Gasteiger partial charge on any atom is -0.490 e. The maximum absolute atomic E-state index is 6.30. The summed E-state index contributed by atoms with van der Waals surface area (Å²) >= 11 is 0. The lowest BCUT2D eigenvalue weighted by Gasteiger charge is -2.26. The van der Waals surface area contributed by atoms with E-state index in [1.165, 1.54) is 6.42 Å². The molecule has 4 aromatic rings. The standard InChI is InChI=1S/C21H22N4O3/c1-3-17-24-21(28-25-17)20-13(11-26-2)18-15(10-22-20)23-14-8-5-9-16(19(14)18)27-12-6-4-7-12/h5,8-10,12,23H,3-4,6-7,11H2,1-2H3. The van der Waals surface area contributed by atoms with E-state index in [4.69, 9.17) is 14.0 Å². The van der Waals surface area contributed by atoms with Gasteiger partial charge in [0.05, 0.1) is 29.9 Å². The summed E-state index contributed by atoms with van der Waals surface area (Å²) in [6.07, 6.45) is 6.26. The van der Waals surface area contributed by atoms with Crippen LogP contribution in [0.4, 0.5) is 0 Å². The van der Waals surface area contributed by atoms with E-state index in [-0.39, 0.29) is 0 Å². The Kier molecular flexibility index (Phi) is 4.24. The highest BCUT2D eigenvalue weighted by Crippen LogP contribution is 2.39. The Bertz CT molecular complexity index is 1140. The minimum absolute atomic E-state index is 0.297. The minimum atomic E-state index is 0.297. The van der Waals surface area contributed by atoms with Gasteiger partial charge in [-0.15, -0.1) is 0 Å². The number of ether oxygens (including phenoxy) is 2. The third-order valence-corrected chi connectivity index (χ3v) is 5.35. The number of pyridine rings is 1. The number of nitrogens with zero attached hydrogens (tertiary/aromatic N) is 3. The SMILES string of the molecule is CCc1noc(-c2ncc3[nH]c4cccc(OC5CCC5)c4c3c2COC)n1. The Morgan fingerprint density at radius 2 is 2.11 bits per heavy atom. The number of H-pyrrole nitrogens is 1. The molecule has 3 aromatic heterocycles. The van der Waals surface area contributed by atoms with Crippen molar-refractivity contribution in [3.05, 3.63) is 35.8 Å². The van der Waals surface area contributed by atoms with E-state index in [0.717, 1.165) is 46.0 Å². The summed E-state index contributed by atoms with van der Waals surface area (Å²) in [7, 11) is 1.68. The van der Waals surface area contributed by atoms with Gasteiger partial charge in [0.2, 0.25) is 0 Å². The van der Waals surface area contributed by atoms with Crippen molar-refractivity contribution in [3.63, 3.8) is 0 Å². The lowest BCUT2D eigenvalue weighted by molar-refractivity contribution is 0.122. The smallest absolute Gasteiger partial charge is 0.276 e. The first-order valence-electron chi connectivity index (χ1n) is 9.69. The molecular weight excluding hydrogens is 356 g/mol. The average molecular weight is 378 g/mol. The zero-order valence-corrected chi connectivity index (χ0v) is 16.0. The fourth-order valence-corrected chi connectivity index (χ4v) is 3.70. The summed E-state index contributed by atoms with van der Waals surface area (Å²) in [6, 6.07) is 6.11. The molecule has 3 heterocycles. The monoisotopic (exact) mass is 378 g/mol.